The predicted octanol–water partition coefficient (Wildman–Crippen LogP) is 2.53. The molecule has 2 amide bonds. The van der Waals surface area contributed by atoms with Gasteiger partial charge < -0.3 is 25.6 Å². The lowest BCUT2D eigenvalue weighted by molar-refractivity contribution is 0.0284. The van der Waals surface area contributed by atoms with Crippen LogP contribution in [-0.2, 0) is 7.05 Å². The van der Waals surface area contributed by atoms with Gasteiger partial charge >= 0.3 is 6.55 Å². The maximum absolute atomic E-state index is 13.7. The summed E-state index contributed by atoms with van der Waals surface area (Å²) >= 11 is 0. The minimum atomic E-state index is -2.96. The van der Waals surface area contributed by atoms with Crippen molar-refractivity contribution < 1.29 is 33.0 Å². The van der Waals surface area contributed by atoms with Crippen molar-refractivity contribution in [3.8, 4) is 11.6 Å². The van der Waals surface area contributed by atoms with E-state index in [2.05, 4.69) is 15.5 Å². The van der Waals surface area contributed by atoms with Gasteiger partial charge in [-0.05, 0) is 51.7 Å². The second-order valence-corrected chi connectivity index (χ2v) is 9.80. The Morgan fingerprint density at radius 3 is 2.57 bits per heavy atom. The average Bonchev–Trinajstić information content (AvgIpc) is 3.39. The summed E-state index contributed by atoms with van der Waals surface area (Å²) in [7, 11) is 1.66. The fraction of sp³-hybridized carbons (Fsp3) is 0.500. The van der Waals surface area contributed by atoms with Gasteiger partial charge in [0.05, 0.1) is 11.1 Å². The molecule has 11 nitrogen and oxygen atoms in total. The SMILES string of the molecule is Cn1cc(C(N)=O)c(OC2CCC(NC(=O)c3nn(C(F)F)c4cc(OCC(C)(C)O)ccc34)CC2)n1. The fourth-order valence-electron chi connectivity index (χ4n) is 4.24. The number of nitrogens with one attached hydrogen (secondary N) is 1. The predicted molar refractivity (Wildman–Crippen MR) is 129 cm³/mol. The Morgan fingerprint density at radius 1 is 1.24 bits per heavy atom. The van der Waals surface area contributed by atoms with Crippen LogP contribution in [0, 0.1) is 0 Å². The van der Waals surface area contributed by atoms with Crippen LogP contribution >= 0.6 is 0 Å². The second-order valence-electron chi connectivity index (χ2n) is 9.80. The molecule has 37 heavy (non-hydrogen) atoms. The lowest BCUT2D eigenvalue weighted by Crippen LogP contribution is -2.40. The van der Waals surface area contributed by atoms with Gasteiger partial charge in [0.25, 0.3) is 11.8 Å². The van der Waals surface area contributed by atoms with Crippen molar-refractivity contribution >= 4 is 22.7 Å². The number of fused-ring (bicyclic) bond motifs is 1. The van der Waals surface area contributed by atoms with Gasteiger partial charge in [-0.1, -0.05) is 0 Å². The third-order valence-corrected chi connectivity index (χ3v) is 6.02. The molecule has 1 aromatic carbocycles. The number of hydrogen-bond donors (Lipinski definition) is 3. The smallest absolute Gasteiger partial charge is 0.333 e. The molecule has 13 heteroatoms. The second kappa shape index (κ2) is 10.3. The van der Waals surface area contributed by atoms with E-state index in [-0.39, 0.29) is 52.5 Å². The number of nitrogens with two attached hydrogens (primary N) is 1. The Bertz CT molecular complexity index is 1290. The highest BCUT2D eigenvalue weighted by atomic mass is 19.3. The van der Waals surface area contributed by atoms with E-state index in [0.717, 1.165) is 0 Å². The van der Waals surface area contributed by atoms with Crippen molar-refractivity contribution in [1.29, 1.82) is 0 Å². The highest BCUT2D eigenvalue weighted by molar-refractivity contribution is 6.05. The molecule has 1 aliphatic carbocycles. The van der Waals surface area contributed by atoms with E-state index in [1.807, 2.05) is 0 Å². The molecule has 0 atom stereocenters. The molecular weight excluding hydrogens is 490 g/mol. The summed E-state index contributed by atoms with van der Waals surface area (Å²) in [6.45, 7) is 0.130. The van der Waals surface area contributed by atoms with Crippen LogP contribution in [-0.4, -0.2) is 60.8 Å². The fourth-order valence-corrected chi connectivity index (χ4v) is 4.24. The summed E-state index contributed by atoms with van der Waals surface area (Å²) < 4.78 is 40.7. The van der Waals surface area contributed by atoms with Crippen LogP contribution in [0.25, 0.3) is 10.9 Å². The van der Waals surface area contributed by atoms with Crippen molar-refractivity contribution in [2.45, 2.75) is 63.8 Å². The van der Waals surface area contributed by atoms with Crippen molar-refractivity contribution in [3.63, 3.8) is 0 Å². The number of primary amides is 1. The number of carbonyl (C=O) groups is 2. The highest BCUT2D eigenvalue weighted by Gasteiger charge is 2.28. The normalized spacial score (nSPS) is 18.2. The molecule has 2 aromatic heterocycles. The summed E-state index contributed by atoms with van der Waals surface area (Å²) in [6.07, 6.45) is 3.63. The first-order valence-corrected chi connectivity index (χ1v) is 11.9. The molecule has 3 aromatic rings. The molecule has 200 valence electrons. The molecule has 0 bridgehead atoms. The van der Waals surface area contributed by atoms with Crippen molar-refractivity contribution in [3.05, 3.63) is 35.7 Å². The standard InChI is InChI=1S/C24H30F2N6O5/c1-24(2,35)12-36-15-8-9-16-18(10-15)32(23(25)26)29-19(16)21(34)28-13-4-6-14(7-5-13)37-22-17(20(27)33)11-31(3)30-22/h8-11,13-14,23,35H,4-7,12H2,1-3H3,(H2,27,33)(H,28,34). The lowest BCUT2D eigenvalue weighted by Gasteiger charge is -2.28. The van der Waals surface area contributed by atoms with E-state index >= 15 is 0 Å². The van der Waals surface area contributed by atoms with Crippen LogP contribution < -0.4 is 20.5 Å². The number of alkyl halides is 2. The molecule has 1 aliphatic rings. The molecule has 4 rings (SSSR count). The number of aliphatic hydroxyl groups is 1. The van der Waals surface area contributed by atoms with Gasteiger partial charge in [0.2, 0.25) is 5.88 Å². The molecule has 1 fully saturated rings. The quantitative estimate of drug-likeness (QED) is 0.393. The number of halogens is 2. The van der Waals surface area contributed by atoms with E-state index in [1.54, 1.807) is 27.0 Å². The van der Waals surface area contributed by atoms with Crippen molar-refractivity contribution in [1.82, 2.24) is 24.9 Å². The summed E-state index contributed by atoms with van der Waals surface area (Å²) in [4.78, 5) is 24.6. The Kier molecular flexibility index (Phi) is 7.35. The number of aryl methyl sites for hydroxylation is 1. The van der Waals surface area contributed by atoms with Crippen LogP contribution in [0.5, 0.6) is 11.6 Å². The number of carbonyl (C=O) groups excluding carboxylic acids is 2. The van der Waals surface area contributed by atoms with Gasteiger partial charge in [0, 0.05) is 30.7 Å². The number of hydrogen-bond acceptors (Lipinski definition) is 7. The monoisotopic (exact) mass is 520 g/mol. The third kappa shape index (κ3) is 6.16. The topological polar surface area (TPSA) is 147 Å². The van der Waals surface area contributed by atoms with E-state index in [1.165, 1.54) is 23.0 Å². The van der Waals surface area contributed by atoms with E-state index in [4.69, 9.17) is 15.2 Å². The molecular formula is C24H30F2N6O5. The Hall–Kier alpha value is -3.74. The van der Waals surface area contributed by atoms with Crippen LogP contribution in [0.3, 0.4) is 0 Å². The maximum Gasteiger partial charge on any atom is 0.333 e. The number of aromatic nitrogens is 4. The van der Waals surface area contributed by atoms with Crippen molar-refractivity contribution in [2.24, 2.45) is 12.8 Å². The molecule has 0 unspecified atom stereocenters. The molecule has 1 saturated carbocycles. The van der Waals surface area contributed by atoms with E-state index in [0.29, 0.717) is 30.4 Å². The molecule has 4 N–H and O–H groups in total. The minimum absolute atomic E-state index is 0.0365. The summed E-state index contributed by atoms with van der Waals surface area (Å²) in [5.41, 5.74) is 4.41. The molecule has 2 heterocycles. The van der Waals surface area contributed by atoms with Crippen LogP contribution in [0.15, 0.2) is 24.4 Å². The van der Waals surface area contributed by atoms with E-state index in [9.17, 15) is 23.5 Å². The van der Waals surface area contributed by atoms with Crippen LogP contribution in [0.4, 0.5) is 8.78 Å². The number of nitrogens with zero attached hydrogens (tertiary/aromatic N) is 4. The number of amides is 2. The highest BCUT2D eigenvalue weighted by Crippen LogP contribution is 2.29. The van der Waals surface area contributed by atoms with E-state index < -0.39 is 24.0 Å². The molecule has 0 spiro atoms. The zero-order valence-electron chi connectivity index (χ0n) is 20.8. The average molecular weight is 521 g/mol. The largest absolute Gasteiger partial charge is 0.491 e. The van der Waals surface area contributed by atoms with Gasteiger partial charge in [0.15, 0.2) is 5.69 Å². The van der Waals surface area contributed by atoms with Crippen LogP contribution in [0.2, 0.25) is 0 Å². The van der Waals surface area contributed by atoms with Gasteiger partial charge in [-0.25, -0.2) is 4.68 Å². The maximum atomic E-state index is 13.7. The summed E-state index contributed by atoms with van der Waals surface area (Å²) in [6, 6.07) is 4.22. The number of rotatable bonds is 9. The number of benzene rings is 1. The Balaban J connectivity index is 1.42. The van der Waals surface area contributed by atoms with Gasteiger partial charge in [-0.3, -0.25) is 14.3 Å². The van der Waals surface area contributed by atoms with Gasteiger partial charge in [-0.2, -0.15) is 13.9 Å². The Labute approximate surface area is 211 Å². The summed E-state index contributed by atoms with van der Waals surface area (Å²) in [5.74, 6) is -0.735. The Morgan fingerprint density at radius 2 is 1.95 bits per heavy atom. The summed E-state index contributed by atoms with van der Waals surface area (Å²) in [5, 5.41) is 21.0. The lowest BCUT2D eigenvalue weighted by atomic mass is 9.92. The first-order chi connectivity index (χ1) is 17.4. The third-order valence-electron chi connectivity index (χ3n) is 6.02. The minimum Gasteiger partial charge on any atom is -0.491 e. The van der Waals surface area contributed by atoms with Gasteiger partial charge in [0.1, 0.15) is 24.0 Å². The molecule has 0 saturated heterocycles. The number of ether oxygens (including phenoxy) is 2. The zero-order valence-corrected chi connectivity index (χ0v) is 20.8. The molecule has 0 radical (unpaired) electrons. The van der Waals surface area contributed by atoms with Gasteiger partial charge in [-0.15, -0.1) is 5.10 Å². The first kappa shape index (κ1) is 26.3. The zero-order chi connectivity index (χ0) is 26.9. The first-order valence-electron chi connectivity index (χ1n) is 11.9. The molecule has 0 aliphatic heterocycles. The van der Waals surface area contributed by atoms with Crippen LogP contribution in [0.1, 0.15) is 66.9 Å². The van der Waals surface area contributed by atoms with Crippen molar-refractivity contribution in [2.75, 3.05) is 6.61 Å².